The Balaban J connectivity index is 2.45. The number of anilines is 2. The molecule has 0 aliphatic carbocycles. The van der Waals surface area contributed by atoms with Gasteiger partial charge in [-0.05, 0) is 40.3 Å². The lowest BCUT2D eigenvalue weighted by atomic mass is 10.2. The molecule has 0 spiro atoms. The molecule has 1 rings (SSSR count). The Hall–Kier alpha value is -1.23. The third-order valence-corrected chi connectivity index (χ3v) is 3.51. The third-order valence-electron chi connectivity index (χ3n) is 3.51. The average Bonchev–Trinajstić information content (AvgIpc) is 2.61. The normalized spacial score (nSPS) is 11.5. The maximum absolute atomic E-state index is 6.12. The Morgan fingerprint density at radius 2 is 2.11 bits per heavy atom. The lowest BCUT2D eigenvalue weighted by molar-refractivity contribution is 0.273. The predicted molar refractivity (Wildman–Crippen MR) is 82.5 cm³/mol. The highest BCUT2D eigenvalue weighted by atomic mass is 15.3. The van der Waals surface area contributed by atoms with Crippen LogP contribution in [-0.2, 0) is 13.5 Å². The third kappa shape index (κ3) is 4.42. The van der Waals surface area contributed by atoms with Gasteiger partial charge in [0.15, 0.2) is 0 Å². The summed E-state index contributed by atoms with van der Waals surface area (Å²) in [6, 6.07) is 0.595. The molecule has 110 valence electrons. The van der Waals surface area contributed by atoms with E-state index in [0.717, 1.165) is 49.6 Å². The molecular formula is C14H29N5. The maximum atomic E-state index is 6.12. The fourth-order valence-corrected chi connectivity index (χ4v) is 2.02. The molecule has 0 unspecified atom stereocenters. The van der Waals surface area contributed by atoms with Crippen LogP contribution in [0.3, 0.4) is 0 Å². The van der Waals surface area contributed by atoms with Gasteiger partial charge in [0.1, 0.15) is 5.82 Å². The van der Waals surface area contributed by atoms with Crippen LogP contribution in [0.2, 0.25) is 0 Å². The number of aromatic nitrogens is 2. The van der Waals surface area contributed by atoms with Gasteiger partial charge in [-0.25, -0.2) is 0 Å². The molecule has 1 heterocycles. The Kier molecular flexibility index (Phi) is 6.15. The molecule has 19 heavy (non-hydrogen) atoms. The second-order valence-corrected chi connectivity index (χ2v) is 5.44. The summed E-state index contributed by atoms with van der Waals surface area (Å²) < 4.78 is 1.85. The summed E-state index contributed by atoms with van der Waals surface area (Å²) in [5.41, 5.74) is 7.94. The highest BCUT2D eigenvalue weighted by molar-refractivity contribution is 5.64. The molecule has 0 bridgehead atoms. The number of hydrogen-bond acceptors (Lipinski definition) is 4. The van der Waals surface area contributed by atoms with Crippen molar-refractivity contribution in [1.29, 1.82) is 0 Å². The van der Waals surface area contributed by atoms with E-state index in [4.69, 9.17) is 5.73 Å². The van der Waals surface area contributed by atoms with Crippen molar-refractivity contribution in [3.05, 3.63) is 5.69 Å². The SMILES string of the molecule is CCCc1nn(C)c(NCCCN(C)C(C)C)c1N. The van der Waals surface area contributed by atoms with Gasteiger partial charge in [0.25, 0.3) is 0 Å². The molecule has 5 heteroatoms. The van der Waals surface area contributed by atoms with E-state index in [1.54, 1.807) is 0 Å². The van der Waals surface area contributed by atoms with Crippen molar-refractivity contribution in [2.75, 3.05) is 31.2 Å². The summed E-state index contributed by atoms with van der Waals surface area (Å²) in [7, 11) is 4.10. The molecule has 0 atom stereocenters. The fraction of sp³-hybridized carbons (Fsp3) is 0.786. The lowest BCUT2D eigenvalue weighted by Gasteiger charge is -2.20. The molecule has 1 aromatic rings. The fourth-order valence-electron chi connectivity index (χ4n) is 2.02. The van der Waals surface area contributed by atoms with E-state index in [0.29, 0.717) is 6.04 Å². The second-order valence-electron chi connectivity index (χ2n) is 5.44. The number of nitrogens with two attached hydrogens (primary N) is 1. The van der Waals surface area contributed by atoms with Gasteiger partial charge in [-0.15, -0.1) is 0 Å². The minimum atomic E-state index is 0.595. The van der Waals surface area contributed by atoms with Crippen LogP contribution in [0.1, 0.15) is 39.3 Å². The first kappa shape index (κ1) is 15.8. The van der Waals surface area contributed by atoms with Crippen molar-refractivity contribution in [2.45, 2.75) is 46.1 Å². The highest BCUT2D eigenvalue weighted by Gasteiger charge is 2.12. The summed E-state index contributed by atoms with van der Waals surface area (Å²) >= 11 is 0. The topological polar surface area (TPSA) is 59.1 Å². The van der Waals surface area contributed by atoms with Crippen LogP contribution in [0.4, 0.5) is 11.5 Å². The number of aryl methyl sites for hydroxylation is 2. The average molecular weight is 267 g/mol. The zero-order chi connectivity index (χ0) is 14.4. The minimum Gasteiger partial charge on any atom is -0.394 e. The Bertz CT molecular complexity index is 383. The Morgan fingerprint density at radius 1 is 1.42 bits per heavy atom. The number of nitrogens with zero attached hydrogens (tertiary/aromatic N) is 3. The molecule has 0 saturated carbocycles. The smallest absolute Gasteiger partial charge is 0.147 e. The molecule has 0 aliphatic heterocycles. The van der Waals surface area contributed by atoms with Crippen LogP contribution < -0.4 is 11.1 Å². The second kappa shape index (κ2) is 7.38. The van der Waals surface area contributed by atoms with Gasteiger partial charge in [0, 0.05) is 19.6 Å². The Morgan fingerprint density at radius 3 is 2.68 bits per heavy atom. The molecule has 5 nitrogen and oxygen atoms in total. The standard InChI is InChI=1S/C14H29N5/c1-6-8-12-13(15)14(19(5)17-12)16-9-7-10-18(4)11(2)3/h11,16H,6-10,15H2,1-5H3. The summed E-state index contributed by atoms with van der Waals surface area (Å²) in [6.45, 7) is 8.58. The first-order chi connectivity index (χ1) is 8.97. The number of nitrogen functional groups attached to an aromatic ring is 1. The maximum Gasteiger partial charge on any atom is 0.147 e. The van der Waals surface area contributed by atoms with Crippen LogP contribution >= 0.6 is 0 Å². The van der Waals surface area contributed by atoms with Crippen LogP contribution in [0.25, 0.3) is 0 Å². The van der Waals surface area contributed by atoms with Gasteiger partial charge in [-0.1, -0.05) is 13.3 Å². The number of hydrogen-bond donors (Lipinski definition) is 2. The van der Waals surface area contributed by atoms with Gasteiger partial charge in [-0.2, -0.15) is 5.10 Å². The molecule has 0 radical (unpaired) electrons. The van der Waals surface area contributed by atoms with Gasteiger partial charge in [-0.3, -0.25) is 4.68 Å². The molecule has 0 saturated heterocycles. The van der Waals surface area contributed by atoms with Gasteiger partial charge >= 0.3 is 0 Å². The largest absolute Gasteiger partial charge is 0.394 e. The molecule has 0 aliphatic rings. The van der Waals surface area contributed by atoms with E-state index >= 15 is 0 Å². The first-order valence-electron chi connectivity index (χ1n) is 7.22. The van der Waals surface area contributed by atoms with Gasteiger partial charge < -0.3 is 16.0 Å². The molecule has 3 N–H and O–H groups in total. The van der Waals surface area contributed by atoms with E-state index in [9.17, 15) is 0 Å². The van der Waals surface area contributed by atoms with E-state index < -0.39 is 0 Å². The van der Waals surface area contributed by atoms with Crippen LogP contribution in [0.5, 0.6) is 0 Å². The van der Waals surface area contributed by atoms with Crippen LogP contribution in [-0.4, -0.2) is 40.9 Å². The summed E-state index contributed by atoms with van der Waals surface area (Å²) in [6.07, 6.45) is 3.11. The lowest BCUT2D eigenvalue weighted by Crippen LogP contribution is -2.28. The highest BCUT2D eigenvalue weighted by Crippen LogP contribution is 2.22. The van der Waals surface area contributed by atoms with Crippen LogP contribution in [0, 0.1) is 0 Å². The predicted octanol–water partition coefficient (Wildman–Crippen LogP) is 2.10. The van der Waals surface area contributed by atoms with E-state index in [-0.39, 0.29) is 0 Å². The number of nitrogens with one attached hydrogen (secondary N) is 1. The van der Waals surface area contributed by atoms with Crippen molar-refractivity contribution < 1.29 is 0 Å². The molecule has 0 fully saturated rings. The first-order valence-corrected chi connectivity index (χ1v) is 7.22. The van der Waals surface area contributed by atoms with E-state index in [1.165, 1.54) is 0 Å². The van der Waals surface area contributed by atoms with Crippen molar-refractivity contribution in [2.24, 2.45) is 7.05 Å². The summed E-state index contributed by atoms with van der Waals surface area (Å²) in [5.74, 6) is 0.954. The zero-order valence-electron chi connectivity index (χ0n) is 13.0. The Labute approximate surface area is 117 Å². The molecule has 0 aromatic carbocycles. The monoisotopic (exact) mass is 267 g/mol. The van der Waals surface area contributed by atoms with E-state index in [1.807, 2.05) is 11.7 Å². The zero-order valence-corrected chi connectivity index (χ0v) is 13.0. The van der Waals surface area contributed by atoms with Crippen LogP contribution in [0.15, 0.2) is 0 Å². The molecule has 0 amide bonds. The minimum absolute atomic E-state index is 0.595. The van der Waals surface area contributed by atoms with Crippen molar-refractivity contribution >= 4 is 11.5 Å². The van der Waals surface area contributed by atoms with Gasteiger partial charge in [0.05, 0.1) is 11.4 Å². The summed E-state index contributed by atoms with van der Waals surface area (Å²) in [4.78, 5) is 2.34. The van der Waals surface area contributed by atoms with Crippen molar-refractivity contribution in [3.8, 4) is 0 Å². The summed E-state index contributed by atoms with van der Waals surface area (Å²) in [5, 5.41) is 7.86. The van der Waals surface area contributed by atoms with Gasteiger partial charge in [0.2, 0.25) is 0 Å². The van der Waals surface area contributed by atoms with Crippen molar-refractivity contribution in [3.63, 3.8) is 0 Å². The molecular weight excluding hydrogens is 238 g/mol. The van der Waals surface area contributed by atoms with Crippen molar-refractivity contribution in [1.82, 2.24) is 14.7 Å². The number of rotatable bonds is 8. The quantitative estimate of drug-likeness (QED) is 0.708. The molecule has 1 aromatic heterocycles. The van der Waals surface area contributed by atoms with E-state index in [2.05, 4.69) is 43.1 Å².